The van der Waals surface area contributed by atoms with Gasteiger partial charge in [-0.3, -0.25) is 10.1 Å². The average Bonchev–Trinajstić information content (AvgIpc) is 2.26. The average molecular weight is 227 g/mol. The molecule has 0 aromatic heterocycles. The summed E-state index contributed by atoms with van der Waals surface area (Å²) in [6, 6.07) is 6.44. The van der Waals surface area contributed by atoms with Crippen molar-refractivity contribution in [2.75, 3.05) is 12.2 Å². The van der Waals surface area contributed by atoms with E-state index in [1.165, 1.54) is 12.1 Å². The van der Waals surface area contributed by atoms with Crippen LogP contribution < -0.4 is 0 Å². The highest BCUT2D eigenvalue weighted by molar-refractivity contribution is 7.98. The number of nitro benzene ring substituents is 1. The summed E-state index contributed by atoms with van der Waals surface area (Å²) in [6.07, 6.45) is 1.93. The summed E-state index contributed by atoms with van der Waals surface area (Å²) >= 11 is 1.60. The van der Waals surface area contributed by atoms with Gasteiger partial charge in [0, 0.05) is 12.1 Å². The van der Waals surface area contributed by atoms with E-state index in [0.717, 1.165) is 5.56 Å². The Kier molecular flexibility index (Phi) is 4.58. The van der Waals surface area contributed by atoms with Crippen LogP contribution in [0.15, 0.2) is 24.3 Å². The lowest BCUT2D eigenvalue weighted by molar-refractivity contribution is -0.384. The third-order valence-electron chi connectivity index (χ3n) is 2.01. The van der Waals surface area contributed by atoms with Crippen LogP contribution in [0.25, 0.3) is 0 Å². The Labute approximate surface area is 92.8 Å². The Hall–Kier alpha value is -1.07. The first-order valence-corrected chi connectivity index (χ1v) is 5.89. The summed E-state index contributed by atoms with van der Waals surface area (Å²) in [7, 11) is 0. The first kappa shape index (κ1) is 12.0. The standard InChI is InChI=1S/C10H13NO3S/c1-8(14-7-15-2)9-3-5-10(6-4-9)11(12)13/h3-6,8H,7H2,1-2H3. The zero-order chi connectivity index (χ0) is 11.3. The third kappa shape index (κ3) is 3.53. The molecule has 0 aliphatic heterocycles. The number of rotatable bonds is 5. The highest BCUT2D eigenvalue weighted by atomic mass is 32.2. The molecule has 0 spiro atoms. The Morgan fingerprint density at radius 3 is 2.53 bits per heavy atom. The number of nitrogens with zero attached hydrogens (tertiary/aromatic N) is 1. The minimum absolute atomic E-state index is 0.0294. The van der Waals surface area contributed by atoms with Gasteiger partial charge in [0.15, 0.2) is 0 Å². The number of thioether (sulfide) groups is 1. The Bertz CT molecular complexity index is 326. The Balaban J connectivity index is 2.66. The molecule has 1 unspecified atom stereocenters. The van der Waals surface area contributed by atoms with Crippen molar-refractivity contribution in [1.82, 2.24) is 0 Å². The molecule has 0 saturated heterocycles. The van der Waals surface area contributed by atoms with Crippen LogP contribution in [-0.4, -0.2) is 17.1 Å². The van der Waals surface area contributed by atoms with Crippen molar-refractivity contribution in [3.63, 3.8) is 0 Å². The first-order chi connectivity index (χ1) is 7.15. The van der Waals surface area contributed by atoms with E-state index in [4.69, 9.17) is 4.74 Å². The van der Waals surface area contributed by atoms with E-state index in [-0.39, 0.29) is 11.8 Å². The molecule has 0 aliphatic rings. The van der Waals surface area contributed by atoms with Gasteiger partial charge < -0.3 is 4.74 Å². The van der Waals surface area contributed by atoms with Crippen molar-refractivity contribution in [2.45, 2.75) is 13.0 Å². The molecule has 0 saturated carbocycles. The number of ether oxygens (including phenoxy) is 1. The minimum atomic E-state index is -0.406. The van der Waals surface area contributed by atoms with Gasteiger partial charge in [0.05, 0.1) is 17.0 Å². The minimum Gasteiger partial charge on any atom is -0.363 e. The van der Waals surface area contributed by atoms with Crippen molar-refractivity contribution in [3.05, 3.63) is 39.9 Å². The molecule has 5 heteroatoms. The fraction of sp³-hybridized carbons (Fsp3) is 0.400. The largest absolute Gasteiger partial charge is 0.363 e. The lowest BCUT2D eigenvalue weighted by Crippen LogP contribution is -1.99. The zero-order valence-corrected chi connectivity index (χ0v) is 9.49. The van der Waals surface area contributed by atoms with E-state index in [1.54, 1.807) is 23.9 Å². The maximum atomic E-state index is 10.4. The fourth-order valence-corrected chi connectivity index (χ4v) is 1.47. The number of non-ortho nitro benzene ring substituents is 1. The van der Waals surface area contributed by atoms with Crippen molar-refractivity contribution in [3.8, 4) is 0 Å². The SMILES string of the molecule is CSCOC(C)c1ccc([N+](=O)[O-])cc1. The zero-order valence-electron chi connectivity index (χ0n) is 8.67. The van der Waals surface area contributed by atoms with Gasteiger partial charge in [-0.05, 0) is 30.9 Å². The molecule has 0 heterocycles. The topological polar surface area (TPSA) is 52.4 Å². The predicted molar refractivity (Wildman–Crippen MR) is 61.0 cm³/mol. The maximum absolute atomic E-state index is 10.4. The van der Waals surface area contributed by atoms with Crippen molar-refractivity contribution in [2.24, 2.45) is 0 Å². The van der Waals surface area contributed by atoms with Gasteiger partial charge in [0.2, 0.25) is 0 Å². The lowest BCUT2D eigenvalue weighted by Gasteiger charge is -2.11. The van der Waals surface area contributed by atoms with Gasteiger partial charge in [0.1, 0.15) is 0 Å². The summed E-state index contributed by atoms with van der Waals surface area (Å²) in [4.78, 5) is 10.0. The fourth-order valence-electron chi connectivity index (χ4n) is 1.13. The lowest BCUT2D eigenvalue weighted by atomic mass is 10.1. The molecule has 0 fully saturated rings. The van der Waals surface area contributed by atoms with Crippen molar-refractivity contribution < 1.29 is 9.66 Å². The van der Waals surface area contributed by atoms with Gasteiger partial charge in [-0.2, -0.15) is 0 Å². The van der Waals surface area contributed by atoms with Crippen molar-refractivity contribution in [1.29, 1.82) is 0 Å². The summed E-state index contributed by atoms with van der Waals surface area (Å²) in [5, 5.41) is 10.4. The van der Waals surface area contributed by atoms with E-state index in [9.17, 15) is 10.1 Å². The highest BCUT2D eigenvalue weighted by Gasteiger charge is 2.08. The maximum Gasteiger partial charge on any atom is 0.269 e. The molecule has 82 valence electrons. The van der Waals surface area contributed by atoms with Crippen molar-refractivity contribution >= 4 is 17.4 Å². The van der Waals surface area contributed by atoms with Gasteiger partial charge in [-0.1, -0.05) is 0 Å². The molecule has 15 heavy (non-hydrogen) atoms. The van der Waals surface area contributed by atoms with Crippen LogP contribution >= 0.6 is 11.8 Å². The Morgan fingerprint density at radius 2 is 2.07 bits per heavy atom. The smallest absolute Gasteiger partial charge is 0.269 e. The molecular formula is C10H13NO3S. The Morgan fingerprint density at radius 1 is 1.47 bits per heavy atom. The number of hydrogen-bond donors (Lipinski definition) is 0. The third-order valence-corrected chi connectivity index (χ3v) is 2.38. The highest BCUT2D eigenvalue weighted by Crippen LogP contribution is 2.20. The summed E-state index contributed by atoms with van der Waals surface area (Å²) in [6.45, 7) is 1.93. The molecule has 0 amide bonds. The van der Waals surface area contributed by atoms with E-state index < -0.39 is 4.92 Å². The molecular weight excluding hydrogens is 214 g/mol. The number of nitro groups is 1. The van der Waals surface area contributed by atoms with Crippen LogP contribution in [0.2, 0.25) is 0 Å². The quantitative estimate of drug-likeness (QED) is 0.441. The molecule has 0 aliphatic carbocycles. The molecule has 4 nitrogen and oxygen atoms in total. The monoisotopic (exact) mass is 227 g/mol. The van der Waals surface area contributed by atoms with Crippen LogP contribution in [0.5, 0.6) is 0 Å². The molecule has 0 radical (unpaired) electrons. The van der Waals surface area contributed by atoms with Gasteiger partial charge in [-0.15, -0.1) is 11.8 Å². The van der Waals surface area contributed by atoms with Crippen LogP contribution in [0, 0.1) is 10.1 Å². The molecule has 0 N–H and O–H groups in total. The molecule has 1 aromatic carbocycles. The summed E-state index contributed by atoms with van der Waals surface area (Å²) < 4.78 is 5.47. The van der Waals surface area contributed by atoms with Crippen LogP contribution in [-0.2, 0) is 4.74 Å². The normalized spacial score (nSPS) is 12.4. The number of benzene rings is 1. The second kappa shape index (κ2) is 5.72. The molecule has 1 atom stereocenters. The number of hydrogen-bond acceptors (Lipinski definition) is 4. The molecule has 1 aromatic rings. The summed E-state index contributed by atoms with van der Waals surface area (Å²) in [5.41, 5.74) is 1.06. The van der Waals surface area contributed by atoms with E-state index in [0.29, 0.717) is 5.94 Å². The van der Waals surface area contributed by atoms with Crippen LogP contribution in [0.4, 0.5) is 5.69 Å². The van der Waals surface area contributed by atoms with E-state index in [1.807, 2.05) is 13.2 Å². The first-order valence-electron chi connectivity index (χ1n) is 4.50. The van der Waals surface area contributed by atoms with Crippen LogP contribution in [0.3, 0.4) is 0 Å². The predicted octanol–water partition coefficient (Wildman–Crippen LogP) is 2.99. The molecule has 1 rings (SSSR count). The van der Waals surface area contributed by atoms with E-state index >= 15 is 0 Å². The van der Waals surface area contributed by atoms with Gasteiger partial charge in [0.25, 0.3) is 5.69 Å². The molecule has 0 bridgehead atoms. The summed E-state index contributed by atoms with van der Waals surface area (Å²) in [5.74, 6) is 0.623. The van der Waals surface area contributed by atoms with E-state index in [2.05, 4.69) is 0 Å². The van der Waals surface area contributed by atoms with Gasteiger partial charge >= 0.3 is 0 Å². The second-order valence-corrected chi connectivity index (χ2v) is 3.88. The second-order valence-electron chi connectivity index (χ2n) is 3.06. The van der Waals surface area contributed by atoms with Crippen LogP contribution in [0.1, 0.15) is 18.6 Å². The van der Waals surface area contributed by atoms with Gasteiger partial charge in [-0.25, -0.2) is 0 Å².